The van der Waals surface area contributed by atoms with Crippen molar-refractivity contribution in [3.05, 3.63) is 28.0 Å². The largest absolute Gasteiger partial charge is 0.353 e. The Hall–Kier alpha value is -0.670. The lowest BCUT2D eigenvalue weighted by Crippen LogP contribution is -2.30. The fourth-order valence-corrected chi connectivity index (χ4v) is 2.65. The van der Waals surface area contributed by atoms with E-state index in [-0.39, 0.29) is 0 Å². The summed E-state index contributed by atoms with van der Waals surface area (Å²) in [7, 11) is 2.21. The van der Waals surface area contributed by atoms with Crippen LogP contribution in [0.25, 0.3) is 0 Å². The number of piperidine rings is 1. The summed E-state index contributed by atoms with van der Waals surface area (Å²) in [6.45, 7) is 3.36. The van der Waals surface area contributed by atoms with Gasteiger partial charge in [-0.15, -0.1) is 0 Å². The molecule has 0 amide bonds. The van der Waals surface area contributed by atoms with Crippen molar-refractivity contribution in [1.82, 2.24) is 9.88 Å². The summed E-state index contributed by atoms with van der Waals surface area (Å²) >= 11 is 5.12. The van der Waals surface area contributed by atoms with Crippen LogP contribution >= 0.6 is 12.2 Å². The van der Waals surface area contributed by atoms with Gasteiger partial charge < -0.3 is 4.98 Å². The van der Waals surface area contributed by atoms with Crippen molar-refractivity contribution in [2.45, 2.75) is 32.2 Å². The highest BCUT2D eigenvalue weighted by atomic mass is 32.1. The Balaban J connectivity index is 2.31. The van der Waals surface area contributed by atoms with E-state index in [1.54, 1.807) is 0 Å². The van der Waals surface area contributed by atoms with Crippen molar-refractivity contribution >= 4 is 12.2 Å². The first-order chi connectivity index (χ1) is 7.18. The topological polar surface area (TPSA) is 19.0 Å². The van der Waals surface area contributed by atoms with Crippen molar-refractivity contribution in [1.29, 1.82) is 0 Å². The number of H-pyrrole nitrogens is 1. The maximum atomic E-state index is 5.12. The number of rotatable bonds is 1. The molecule has 0 aromatic carbocycles. The van der Waals surface area contributed by atoms with E-state index in [0.29, 0.717) is 6.04 Å². The van der Waals surface area contributed by atoms with Crippen LogP contribution in [0.2, 0.25) is 0 Å². The Bertz CT molecular complexity index is 397. The minimum Gasteiger partial charge on any atom is -0.353 e. The molecule has 1 aromatic heterocycles. The zero-order chi connectivity index (χ0) is 10.8. The van der Waals surface area contributed by atoms with Gasteiger partial charge in [-0.2, -0.15) is 0 Å². The Morgan fingerprint density at radius 3 is 2.93 bits per heavy atom. The molecule has 2 rings (SSSR count). The highest BCUT2D eigenvalue weighted by Crippen LogP contribution is 2.30. The zero-order valence-electron chi connectivity index (χ0n) is 9.42. The van der Waals surface area contributed by atoms with Gasteiger partial charge in [0, 0.05) is 12.2 Å². The maximum Gasteiger partial charge on any atom is 0.103 e. The van der Waals surface area contributed by atoms with Crippen molar-refractivity contribution in [3.63, 3.8) is 0 Å². The van der Waals surface area contributed by atoms with Crippen LogP contribution in [0.3, 0.4) is 0 Å². The summed E-state index contributed by atoms with van der Waals surface area (Å²) in [6.07, 6.45) is 6.02. The van der Waals surface area contributed by atoms with E-state index >= 15 is 0 Å². The van der Waals surface area contributed by atoms with E-state index in [1.165, 1.54) is 36.9 Å². The molecule has 0 spiro atoms. The van der Waals surface area contributed by atoms with E-state index < -0.39 is 0 Å². The summed E-state index contributed by atoms with van der Waals surface area (Å²) in [5.41, 5.74) is 2.73. The predicted octanol–water partition coefficient (Wildman–Crippen LogP) is 3.21. The second kappa shape index (κ2) is 4.45. The zero-order valence-corrected chi connectivity index (χ0v) is 10.2. The Morgan fingerprint density at radius 2 is 2.27 bits per heavy atom. The van der Waals surface area contributed by atoms with Crippen LogP contribution in [-0.2, 0) is 0 Å². The van der Waals surface area contributed by atoms with Crippen LogP contribution in [0.1, 0.15) is 36.4 Å². The number of aromatic amines is 1. The van der Waals surface area contributed by atoms with Crippen LogP contribution in [0.5, 0.6) is 0 Å². The molecule has 1 fully saturated rings. The third kappa shape index (κ3) is 2.29. The fourth-order valence-electron chi connectivity index (χ4n) is 2.41. The number of aryl methyl sites for hydroxylation is 1. The molecule has 0 bridgehead atoms. The molecule has 82 valence electrons. The van der Waals surface area contributed by atoms with Gasteiger partial charge in [-0.05, 0) is 50.6 Å². The van der Waals surface area contributed by atoms with Crippen LogP contribution in [0, 0.1) is 11.6 Å². The molecule has 1 saturated heterocycles. The molecular formula is C12H18N2S. The number of nitrogens with one attached hydrogen (secondary N) is 1. The molecule has 1 aliphatic rings. The van der Waals surface area contributed by atoms with Gasteiger partial charge in [-0.3, -0.25) is 4.90 Å². The first kappa shape index (κ1) is 10.8. The first-order valence-electron chi connectivity index (χ1n) is 5.58. The number of hydrogen-bond donors (Lipinski definition) is 1. The number of pyridine rings is 1. The average Bonchev–Trinajstić information content (AvgIpc) is 2.20. The average molecular weight is 222 g/mol. The number of aromatic nitrogens is 1. The molecule has 2 heterocycles. The summed E-state index contributed by atoms with van der Waals surface area (Å²) in [5.74, 6) is 0. The minimum absolute atomic E-state index is 0.575. The van der Waals surface area contributed by atoms with Gasteiger partial charge in [0.2, 0.25) is 0 Å². The van der Waals surface area contributed by atoms with E-state index in [2.05, 4.69) is 36.1 Å². The summed E-state index contributed by atoms with van der Waals surface area (Å²) in [5, 5.41) is 0. The third-order valence-corrected chi connectivity index (χ3v) is 3.54. The van der Waals surface area contributed by atoms with Crippen molar-refractivity contribution in [2.24, 2.45) is 0 Å². The molecule has 0 aliphatic carbocycles. The van der Waals surface area contributed by atoms with Gasteiger partial charge in [0.1, 0.15) is 4.64 Å². The second-order valence-corrected chi connectivity index (χ2v) is 4.87. The van der Waals surface area contributed by atoms with E-state index in [4.69, 9.17) is 12.2 Å². The lowest BCUT2D eigenvalue weighted by atomic mass is 9.94. The number of likely N-dealkylation sites (tertiary alicyclic amines) is 1. The molecule has 0 saturated carbocycles. The van der Waals surface area contributed by atoms with Gasteiger partial charge in [-0.25, -0.2) is 0 Å². The predicted molar refractivity (Wildman–Crippen MR) is 65.6 cm³/mol. The van der Waals surface area contributed by atoms with Crippen LogP contribution in [-0.4, -0.2) is 23.5 Å². The standard InChI is InChI=1S/C12H18N2S/c1-9-7-12(15)13-8-10(9)11-5-3-4-6-14(11)2/h7-8,11H,3-6H2,1-2H3,(H,13,15). The molecule has 1 atom stereocenters. The van der Waals surface area contributed by atoms with Crippen molar-refractivity contribution in [3.8, 4) is 0 Å². The molecule has 15 heavy (non-hydrogen) atoms. The quantitative estimate of drug-likeness (QED) is 0.736. The summed E-state index contributed by atoms with van der Waals surface area (Å²) in [4.78, 5) is 5.59. The molecule has 2 nitrogen and oxygen atoms in total. The molecule has 1 unspecified atom stereocenters. The van der Waals surface area contributed by atoms with E-state index in [9.17, 15) is 0 Å². The monoisotopic (exact) mass is 222 g/mol. The van der Waals surface area contributed by atoms with E-state index in [1.807, 2.05) is 0 Å². The Labute approximate surface area is 96.3 Å². The highest BCUT2D eigenvalue weighted by molar-refractivity contribution is 7.71. The summed E-state index contributed by atoms with van der Waals surface area (Å²) in [6, 6.07) is 2.64. The molecular weight excluding hydrogens is 204 g/mol. The third-order valence-electron chi connectivity index (χ3n) is 3.30. The van der Waals surface area contributed by atoms with Crippen LogP contribution in [0.4, 0.5) is 0 Å². The lowest BCUT2D eigenvalue weighted by Gasteiger charge is -2.33. The molecule has 1 aromatic rings. The van der Waals surface area contributed by atoms with Gasteiger partial charge in [0.05, 0.1) is 0 Å². The number of hydrogen-bond acceptors (Lipinski definition) is 2. The van der Waals surface area contributed by atoms with Crippen LogP contribution < -0.4 is 0 Å². The van der Waals surface area contributed by atoms with Gasteiger partial charge in [0.25, 0.3) is 0 Å². The Kier molecular flexibility index (Phi) is 3.22. The van der Waals surface area contributed by atoms with Crippen molar-refractivity contribution in [2.75, 3.05) is 13.6 Å². The second-order valence-electron chi connectivity index (χ2n) is 4.43. The fraction of sp³-hybridized carbons (Fsp3) is 0.583. The van der Waals surface area contributed by atoms with Crippen LogP contribution in [0.15, 0.2) is 12.3 Å². The molecule has 1 aliphatic heterocycles. The van der Waals surface area contributed by atoms with Crippen molar-refractivity contribution < 1.29 is 0 Å². The minimum atomic E-state index is 0.575. The molecule has 0 radical (unpaired) electrons. The lowest BCUT2D eigenvalue weighted by molar-refractivity contribution is 0.186. The Morgan fingerprint density at radius 1 is 1.47 bits per heavy atom. The first-order valence-corrected chi connectivity index (χ1v) is 5.99. The smallest absolute Gasteiger partial charge is 0.103 e. The van der Waals surface area contributed by atoms with Gasteiger partial charge in [-0.1, -0.05) is 18.6 Å². The molecule has 3 heteroatoms. The number of nitrogens with zero attached hydrogens (tertiary/aromatic N) is 1. The van der Waals surface area contributed by atoms with Gasteiger partial charge in [0.15, 0.2) is 0 Å². The SMILES string of the molecule is Cc1cc(=S)[nH]cc1C1CCCCN1C. The summed E-state index contributed by atoms with van der Waals surface area (Å²) < 4.78 is 0.828. The normalized spacial score (nSPS) is 22.9. The van der Waals surface area contributed by atoms with E-state index in [0.717, 1.165) is 4.64 Å². The maximum absolute atomic E-state index is 5.12. The highest BCUT2D eigenvalue weighted by Gasteiger charge is 2.21. The van der Waals surface area contributed by atoms with Gasteiger partial charge >= 0.3 is 0 Å². The molecule has 1 N–H and O–H groups in total.